The molecule has 0 radical (unpaired) electrons. The molecule has 6 nitrogen and oxygen atoms in total. The Kier molecular flexibility index (Phi) is 4.15. The second-order valence-electron chi connectivity index (χ2n) is 3.87. The number of anilines is 1. The second kappa shape index (κ2) is 6.01. The lowest BCUT2D eigenvalue weighted by Crippen LogP contribution is -2.10. The van der Waals surface area contributed by atoms with Crippen LogP contribution in [-0.4, -0.2) is 24.2 Å². The highest BCUT2D eigenvalue weighted by molar-refractivity contribution is 5.43. The predicted octanol–water partition coefficient (Wildman–Crippen LogP) is 1.37. The van der Waals surface area contributed by atoms with Crippen molar-refractivity contribution in [2.45, 2.75) is 6.42 Å². The van der Waals surface area contributed by atoms with Crippen molar-refractivity contribution in [3.63, 3.8) is 0 Å². The van der Waals surface area contributed by atoms with Crippen LogP contribution in [0, 0.1) is 0 Å². The summed E-state index contributed by atoms with van der Waals surface area (Å²) < 4.78 is 10.5. The largest absolute Gasteiger partial charge is 0.493 e. The minimum Gasteiger partial charge on any atom is -0.493 e. The number of ether oxygens (including phenoxy) is 2. The molecule has 0 amide bonds. The van der Waals surface area contributed by atoms with E-state index in [4.69, 9.17) is 15.3 Å². The molecule has 0 fully saturated rings. The summed E-state index contributed by atoms with van der Waals surface area (Å²) in [4.78, 5) is 8.47. The number of aromatic nitrogens is 2. The molecule has 6 heteroatoms. The molecule has 0 bridgehead atoms. The molecule has 3 N–H and O–H groups in total. The van der Waals surface area contributed by atoms with E-state index in [0.717, 1.165) is 5.56 Å². The minimum atomic E-state index is 0.588. The molecule has 0 atom stereocenters. The number of nitrogen functional groups attached to an aromatic ring is 1. The number of hydrogen-bond donors (Lipinski definition) is 2. The summed E-state index contributed by atoms with van der Waals surface area (Å²) in [6, 6.07) is 7.43. The third-order valence-electron chi connectivity index (χ3n) is 2.66. The zero-order chi connectivity index (χ0) is 13.7. The molecule has 2 aromatic rings. The van der Waals surface area contributed by atoms with Gasteiger partial charge in [-0.1, -0.05) is 6.07 Å². The SMILES string of the molecule is COc1ccc(Cc2nccc(NN)n2)cc1OC. The average Bonchev–Trinajstić information content (AvgIpc) is 2.47. The zero-order valence-corrected chi connectivity index (χ0v) is 10.9. The molecule has 100 valence electrons. The average molecular weight is 260 g/mol. The van der Waals surface area contributed by atoms with Crippen molar-refractivity contribution in [1.82, 2.24) is 9.97 Å². The van der Waals surface area contributed by atoms with E-state index in [1.165, 1.54) is 0 Å². The lowest BCUT2D eigenvalue weighted by atomic mass is 10.1. The van der Waals surface area contributed by atoms with Gasteiger partial charge in [0.25, 0.3) is 0 Å². The van der Waals surface area contributed by atoms with Crippen LogP contribution in [0.4, 0.5) is 5.82 Å². The maximum atomic E-state index is 5.32. The minimum absolute atomic E-state index is 0.588. The molecular formula is C13H16N4O2. The quantitative estimate of drug-likeness (QED) is 0.624. The summed E-state index contributed by atoms with van der Waals surface area (Å²) >= 11 is 0. The topological polar surface area (TPSA) is 82.3 Å². The summed E-state index contributed by atoms with van der Waals surface area (Å²) in [6.45, 7) is 0. The molecule has 0 aliphatic rings. The first-order chi connectivity index (χ1) is 9.26. The lowest BCUT2D eigenvalue weighted by Gasteiger charge is -2.09. The maximum Gasteiger partial charge on any atom is 0.161 e. The van der Waals surface area contributed by atoms with E-state index in [-0.39, 0.29) is 0 Å². The van der Waals surface area contributed by atoms with Gasteiger partial charge in [0.15, 0.2) is 11.5 Å². The third kappa shape index (κ3) is 3.11. The molecular weight excluding hydrogens is 244 g/mol. The Morgan fingerprint density at radius 2 is 1.95 bits per heavy atom. The summed E-state index contributed by atoms with van der Waals surface area (Å²) in [5.41, 5.74) is 3.53. The Balaban J connectivity index is 2.22. The number of rotatable bonds is 5. The molecule has 0 spiro atoms. The van der Waals surface area contributed by atoms with Crippen LogP contribution in [0.3, 0.4) is 0 Å². The molecule has 0 saturated carbocycles. The zero-order valence-electron chi connectivity index (χ0n) is 10.9. The van der Waals surface area contributed by atoms with Gasteiger partial charge in [-0.05, 0) is 17.7 Å². The Labute approximate surface area is 111 Å². The fourth-order valence-corrected chi connectivity index (χ4v) is 1.74. The Bertz CT molecular complexity index is 560. The molecule has 19 heavy (non-hydrogen) atoms. The van der Waals surface area contributed by atoms with Gasteiger partial charge < -0.3 is 14.9 Å². The van der Waals surface area contributed by atoms with E-state index in [2.05, 4.69) is 15.4 Å². The molecule has 1 heterocycles. The first-order valence-electron chi connectivity index (χ1n) is 5.76. The van der Waals surface area contributed by atoms with Crippen molar-refractivity contribution in [2.24, 2.45) is 5.84 Å². The highest BCUT2D eigenvalue weighted by Gasteiger charge is 2.06. The highest BCUT2D eigenvalue weighted by atomic mass is 16.5. The Morgan fingerprint density at radius 3 is 2.63 bits per heavy atom. The third-order valence-corrected chi connectivity index (χ3v) is 2.66. The Morgan fingerprint density at radius 1 is 1.16 bits per heavy atom. The van der Waals surface area contributed by atoms with Crippen LogP contribution >= 0.6 is 0 Å². The van der Waals surface area contributed by atoms with Crippen molar-refractivity contribution >= 4 is 5.82 Å². The molecule has 0 unspecified atom stereocenters. The van der Waals surface area contributed by atoms with E-state index >= 15 is 0 Å². The van der Waals surface area contributed by atoms with Crippen molar-refractivity contribution in [3.8, 4) is 11.5 Å². The van der Waals surface area contributed by atoms with Gasteiger partial charge in [0.1, 0.15) is 11.6 Å². The fraction of sp³-hybridized carbons (Fsp3) is 0.231. The van der Waals surface area contributed by atoms with Gasteiger partial charge in [0.05, 0.1) is 14.2 Å². The van der Waals surface area contributed by atoms with Gasteiger partial charge in [-0.25, -0.2) is 15.8 Å². The monoisotopic (exact) mass is 260 g/mol. The highest BCUT2D eigenvalue weighted by Crippen LogP contribution is 2.28. The van der Waals surface area contributed by atoms with Crippen molar-refractivity contribution in [1.29, 1.82) is 0 Å². The van der Waals surface area contributed by atoms with Crippen molar-refractivity contribution in [3.05, 3.63) is 41.9 Å². The van der Waals surface area contributed by atoms with Gasteiger partial charge in [-0.2, -0.15) is 0 Å². The number of nitrogens with one attached hydrogen (secondary N) is 1. The van der Waals surface area contributed by atoms with E-state index in [1.54, 1.807) is 26.5 Å². The first-order valence-corrected chi connectivity index (χ1v) is 5.76. The molecule has 2 rings (SSSR count). The lowest BCUT2D eigenvalue weighted by molar-refractivity contribution is 0.354. The van der Waals surface area contributed by atoms with Gasteiger partial charge in [-0.15, -0.1) is 0 Å². The molecule has 0 aliphatic heterocycles. The molecule has 1 aromatic heterocycles. The summed E-state index contributed by atoms with van der Waals surface area (Å²) in [7, 11) is 3.22. The van der Waals surface area contributed by atoms with Crippen LogP contribution in [0.2, 0.25) is 0 Å². The van der Waals surface area contributed by atoms with E-state index in [0.29, 0.717) is 29.6 Å². The van der Waals surface area contributed by atoms with Crippen LogP contribution in [0.5, 0.6) is 11.5 Å². The van der Waals surface area contributed by atoms with Crippen LogP contribution in [-0.2, 0) is 6.42 Å². The maximum absolute atomic E-state index is 5.32. The fourth-order valence-electron chi connectivity index (χ4n) is 1.74. The predicted molar refractivity (Wildman–Crippen MR) is 72.2 cm³/mol. The summed E-state index contributed by atoms with van der Waals surface area (Å²) in [6.07, 6.45) is 2.26. The molecule has 1 aromatic carbocycles. The number of methoxy groups -OCH3 is 2. The van der Waals surface area contributed by atoms with Crippen LogP contribution in [0.15, 0.2) is 30.5 Å². The van der Waals surface area contributed by atoms with Crippen LogP contribution in [0.25, 0.3) is 0 Å². The van der Waals surface area contributed by atoms with Gasteiger partial charge in [-0.3, -0.25) is 0 Å². The van der Waals surface area contributed by atoms with E-state index in [9.17, 15) is 0 Å². The smallest absolute Gasteiger partial charge is 0.161 e. The first kappa shape index (κ1) is 13.1. The van der Waals surface area contributed by atoms with Crippen LogP contribution < -0.4 is 20.7 Å². The Hall–Kier alpha value is -2.34. The summed E-state index contributed by atoms with van der Waals surface area (Å²) in [5, 5.41) is 0. The molecule has 0 saturated heterocycles. The number of nitrogens with two attached hydrogens (primary N) is 1. The molecule has 0 aliphatic carbocycles. The van der Waals surface area contributed by atoms with Gasteiger partial charge in [0.2, 0.25) is 0 Å². The number of nitrogens with zero attached hydrogens (tertiary/aromatic N) is 2. The second-order valence-corrected chi connectivity index (χ2v) is 3.87. The van der Waals surface area contributed by atoms with Crippen molar-refractivity contribution < 1.29 is 9.47 Å². The van der Waals surface area contributed by atoms with Gasteiger partial charge >= 0.3 is 0 Å². The van der Waals surface area contributed by atoms with Crippen molar-refractivity contribution in [2.75, 3.05) is 19.6 Å². The summed E-state index contributed by atoms with van der Waals surface area (Å²) in [5.74, 6) is 7.98. The van der Waals surface area contributed by atoms with E-state index < -0.39 is 0 Å². The van der Waals surface area contributed by atoms with Crippen LogP contribution in [0.1, 0.15) is 11.4 Å². The number of hydrogen-bond acceptors (Lipinski definition) is 6. The standard InChI is InChI=1S/C13H16N4O2/c1-18-10-4-3-9(7-11(10)19-2)8-13-15-6-5-12(16-13)17-14/h3-7H,8,14H2,1-2H3,(H,15,16,17). The van der Waals surface area contributed by atoms with E-state index in [1.807, 2.05) is 18.2 Å². The normalized spacial score (nSPS) is 10.1. The number of hydrazine groups is 1. The number of benzene rings is 1. The van der Waals surface area contributed by atoms with Gasteiger partial charge in [0, 0.05) is 18.7 Å².